The summed E-state index contributed by atoms with van der Waals surface area (Å²) in [6, 6.07) is 12.5. The molecule has 1 aliphatic rings. The first-order valence-electron chi connectivity index (χ1n) is 11.1. The van der Waals surface area contributed by atoms with Crippen LogP contribution in [0.25, 0.3) is 5.82 Å². The molecule has 1 atom stereocenters. The van der Waals surface area contributed by atoms with E-state index in [9.17, 15) is 9.18 Å². The van der Waals surface area contributed by atoms with Crippen molar-refractivity contribution in [3.05, 3.63) is 90.0 Å². The Morgan fingerprint density at radius 3 is 2.71 bits per heavy atom. The molecule has 0 unspecified atom stereocenters. The van der Waals surface area contributed by atoms with Crippen molar-refractivity contribution in [2.24, 2.45) is 0 Å². The van der Waals surface area contributed by atoms with Gasteiger partial charge in [-0.3, -0.25) is 4.79 Å². The Bertz CT molecular complexity index is 1280. The molecule has 0 aliphatic carbocycles. The Morgan fingerprint density at radius 2 is 1.97 bits per heavy atom. The summed E-state index contributed by atoms with van der Waals surface area (Å²) in [5, 5.41) is 4.17. The number of halogens is 1. The molecule has 0 saturated carbocycles. The van der Waals surface area contributed by atoms with E-state index >= 15 is 0 Å². The van der Waals surface area contributed by atoms with E-state index in [2.05, 4.69) is 20.1 Å². The minimum absolute atomic E-state index is 0.115. The summed E-state index contributed by atoms with van der Waals surface area (Å²) < 4.78 is 20.7. The predicted octanol–water partition coefficient (Wildman–Crippen LogP) is 4.66. The van der Waals surface area contributed by atoms with Gasteiger partial charge in [0.15, 0.2) is 11.6 Å². The lowest BCUT2D eigenvalue weighted by atomic mass is 10.00. The fourth-order valence-corrected chi connectivity index (χ4v) is 4.05. The number of hydrogen-bond acceptors (Lipinski definition) is 6. The highest BCUT2D eigenvalue weighted by atomic mass is 19.1. The van der Waals surface area contributed by atoms with Gasteiger partial charge in [0.1, 0.15) is 11.6 Å². The molecule has 8 nitrogen and oxygen atoms in total. The molecule has 1 aliphatic heterocycles. The third-order valence-corrected chi connectivity index (χ3v) is 5.68. The lowest BCUT2D eigenvalue weighted by Gasteiger charge is -2.35. The van der Waals surface area contributed by atoms with Gasteiger partial charge in [-0.15, -0.1) is 0 Å². The van der Waals surface area contributed by atoms with Crippen LogP contribution in [0.1, 0.15) is 47.2 Å². The van der Waals surface area contributed by atoms with Crippen molar-refractivity contribution in [1.82, 2.24) is 29.6 Å². The summed E-state index contributed by atoms with van der Waals surface area (Å²) in [6.45, 7) is 2.46. The highest BCUT2D eigenvalue weighted by molar-refractivity contribution is 5.94. The summed E-state index contributed by atoms with van der Waals surface area (Å²) in [6.07, 6.45) is 7.68. The quantitative estimate of drug-likeness (QED) is 0.432. The van der Waals surface area contributed by atoms with Gasteiger partial charge in [-0.25, -0.2) is 19.0 Å². The lowest BCUT2D eigenvalue weighted by molar-refractivity contribution is 0.0598. The first kappa shape index (κ1) is 21.7. The van der Waals surface area contributed by atoms with Crippen molar-refractivity contribution in [2.45, 2.75) is 32.2 Å². The number of carbonyl (C=O) groups excluding carboxylic acids is 1. The molecule has 4 aromatic rings. The number of amides is 1. The van der Waals surface area contributed by atoms with Crippen LogP contribution in [0, 0.1) is 12.7 Å². The van der Waals surface area contributed by atoms with Crippen molar-refractivity contribution in [1.29, 1.82) is 0 Å². The normalized spacial score (nSPS) is 15.8. The Labute approximate surface area is 196 Å². The molecule has 1 aromatic carbocycles. The number of benzene rings is 1. The summed E-state index contributed by atoms with van der Waals surface area (Å²) in [5.74, 6) is 1.56. The average molecular weight is 458 g/mol. The monoisotopic (exact) mass is 458 g/mol. The number of aryl methyl sites for hydroxylation is 1. The number of rotatable bonds is 5. The first-order valence-corrected chi connectivity index (χ1v) is 11.1. The van der Waals surface area contributed by atoms with Gasteiger partial charge in [0.05, 0.1) is 11.6 Å². The molecule has 0 bridgehead atoms. The smallest absolute Gasteiger partial charge is 0.256 e. The number of aromatic nitrogens is 5. The summed E-state index contributed by atoms with van der Waals surface area (Å²) in [5.41, 5.74) is 1.23. The van der Waals surface area contributed by atoms with Gasteiger partial charge in [-0.05, 0) is 68.7 Å². The van der Waals surface area contributed by atoms with Gasteiger partial charge >= 0.3 is 0 Å². The molecule has 0 spiro atoms. The molecule has 3 aromatic heterocycles. The third-order valence-electron chi connectivity index (χ3n) is 5.68. The largest absolute Gasteiger partial charge is 0.439 e. The number of nitrogens with zero attached hydrogens (tertiary/aromatic N) is 6. The number of ether oxygens (including phenoxy) is 1. The Morgan fingerprint density at radius 1 is 1.12 bits per heavy atom. The van der Waals surface area contributed by atoms with E-state index in [0.717, 1.165) is 25.0 Å². The van der Waals surface area contributed by atoms with Crippen LogP contribution in [-0.4, -0.2) is 42.1 Å². The molecular weight excluding hydrogens is 435 g/mol. The second-order valence-electron chi connectivity index (χ2n) is 8.13. The van der Waals surface area contributed by atoms with E-state index in [4.69, 9.17) is 4.74 Å². The molecular formula is C25H23FN6O2. The van der Waals surface area contributed by atoms with Gasteiger partial charge in [0.25, 0.3) is 5.91 Å². The zero-order chi connectivity index (χ0) is 23.5. The number of piperidine rings is 1. The average Bonchev–Trinajstić information content (AvgIpc) is 3.40. The SMILES string of the molecule is Cc1cc(Oc2ccc(F)cc2)nc([C@H]2CCCCN2C(=O)c2ccc(-n3cccn3)nc2)n1. The maximum Gasteiger partial charge on any atom is 0.256 e. The Hall–Kier alpha value is -4.14. The van der Waals surface area contributed by atoms with Crippen LogP contribution in [0.15, 0.2) is 67.1 Å². The number of hydrogen-bond donors (Lipinski definition) is 0. The zero-order valence-corrected chi connectivity index (χ0v) is 18.6. The van der Waals surface area contributed by atoms with Crippen LogP contribution in [0.4, 0.5) is 4.39 Å². The van der Waals surface area contributed by atoms with Crippen LogP contribution in [0.2, 0.25) is 0 Å². The van der Waals surface area contributed by atoms with Crippen LogP contribution < -0.4 is 4.74 Å². The molecule has 9 heteroatoms. The van der Waals surface area contributed by atoms with Crippen molar-refractivity contribution < 1.29 is 13.9 Å². The van der Waals surface area contributed by atoms with Gasteiger partial charge < -0.3 is 9.64 Å². The summed E-state index contributed by atoms with van der Waals surface area (Å²) in [7, 11) is 0. The number of likely N-dealkylation sites (tertiary alicyclic amines) is 1. The fourth-order valence-electron chi connectivity index (χ4n) is 4.05. The third kappa shape index (κ3) is 4.63. The maximum absolute atomic E-state index is 13.4. The fraction of sp³-hybridized carbons (Fsp3) is 0.240. The molecule has 34 heavy (non-hydrogen) atoms. The van der Waals surface area contributed by atoms with Crippen molar-refractivity contribution in [3.8, 4) is 17.4 Å². The lowest BCUT2D eigenvalue weighted by Crippen LogP contribution is -2.39. The predicted molar refractivity (Wildman–Crippen MR) is 122 cm³/mol. The topological polar surface area (TPSA) is 86.0 Å². The minimum Gasteiger partial charge on any atom is -0.439 e. The maximum atomic E-state index is 13.4. The molecule has 5 rings (SSSR count). The van der Waals surface area contributed by atoms with Crippen molar-refractivity contribution in [3.63, 3.8) is 0 Å². The van der Waals surface area contributed by atoms with Crippen molar-refractivity contribution in [2.75, 3.05) is 6.54 Å². The van der Waals surface area contributed by atoms with E-state index in [1.165, 1.54) is 12.1 Å². The summed E-state index contributed by atoms with van der Waals surface area (Å²) in [4.78, 5) is 28.8. The Kier molecular flexibility index (Phi) is 5.99. The molecule has 1 fully saturated rings. The van der Waals surface area contributed by atoms with E-state index in [1.54, 1.807) is 53.6 Å². The van der Waals surface area contributed by atoms with Gasteiger partial charge in [0.2, 0.25) is 5.88 Å². The van der Waals surface area contributed by atoms with Crippen LogP contribution >= 0.6 is 0 Å². The van der Waals surface area contributed by atoms with E-state index in [-0.39, 0.29) is 17.8 Å². The van der Waals surface area contributed by atoms with Crippen LogP contribution in [0.3, 0.4) is 0 Å². The molecule has 1 amide bonds. The highest BCUT2D eigenvalue weighted by Gasteiger charge is 2.31. The van der Waals surface area contributed by atoms with E-state index in [1.807, 2.05) is 17.9 Å². The standard InChI is InChI=1S/C25H23FN6O2/c1-17-15-23(34-20-9-7-19(26)8-10-20)30-24(29-17)21-5-2-3-13-31(21)25(33)18-6-11-22(27-16-18)32-14-4-12-28-32/h4,6-12,14-16,21H,2-3,5,13H2,1H3/t21-/m1/s1. The van der Waals surface area contributed by atoms with Crippen molar-refractivity contribution >= 4 is 5.91 Å². The van der Waals surface area contributed by atoms with Gasteiger partial charge in [0, 0.05) is 36.9 Å². The molecule has 4 heterocycles. The number of pyridine rings is 1. The van der Waals surface area contributed by atoms with E-state index < -0.39 is 0 Å². The van der Waals surface area contributed by atoms with Gasteiger partial charge in [-0.2, -0.15) is 10.1 Å². The summed E-state index contributed by atoms with van der Waals surface area (Å²) >= 11 is 0. The molecule has 172 valence electrons. The zero-order valence-electron chi connectivity index (χ0n) is 18.6. The van der Waals surface area contributed by atoms with Crippen LogP contribution in [0.5, 0.6) is 11.6 Å². The second-order valence-corrected chi connectivity index (χ2v) is 8.13. The highest BCUT2D eigenvalue weighted by Crippen LogP contribution is 2.32. The molecule has 0 radical (unpaired) electrons. The van der Waals surface area contributed by atoms with E-state index in [0.29, 0.717) is 35.4 Å². The van der Waals surface area contributed by atoms with Crippen LogP contribution in [-0.2, 0) is 0 Å². The second kappa shape index (κ2) is 9.38. The minimum atomic E-state index is -0.338. The Balaban J connectivity index is 1.39. The molecule has 1 saturated heterocycles. The molecule has 0 N–H and O–H groups in total. The number of carbonyl (C=O) groups is 1. The first-order chi connectivity index (χ1) is 16.6. The van der Waals surface area contributed by atoms with Gasteiger partial charge in [-0.1, -0.05) is 0 Å².